The normalized spacial score (nSPS) is 9.54. The average Bonchev–Trinajstić information content (AvgIpc) is 2.17. The summed E-state index contributed by atoms with van der Waals surface area (Å²) in [5, 5.41) is 0.829. The monoisotopic (exact) mass is 198 g/mol. The topological polar surface area (TPSA) is 27.7 Å². The van der Waals surface area contributed by atoms with Gasteiger partial charge in [0.25, 0.3) is 0 Å². The highest BCUT2D eigenvalue weighted by Crippen LogP contribution is 2.28. The van der Waals surface area contributed by atoms with Gasteiger partial charge >= 0.3 is 8.64 Å². The summed E-state index contributed by atoms with van der Waals surface area (Å²) in [5.74, 6) is 0.806. The second kappa shape index (κ2) is 4.27. The van der Waals surface area contributed by atoms with Gasteiger partial charge in [0.15, 0.2) is 11.1 Å². The highest BCUT2D eigenvalue weighted by Gasteiger charge is 2.13. The summed E-state index contributed by atoms with van der Waals surface area (Å²) in [4.78, 5) is 0. The second-order valence-electron chi connectivity index (χ2n) is 2.65. The molecule has 13 heavy (non-hydrogen) atoms. The first kappa shape index (κ1) is 10.1. The van der Waals surface area contributed by atoms with Gasteiger partial charge in [-0.15, -0.1) is 0 Å². The first-order valence-electron chi connectivity index (χ1n) is 4.00. The Kier molecular flexibility index (Phi) is 3.30. The van der Waals surface area contributed by atoms with Gasteiger partial charge in [-0.2, -0.15) is 0 Å². The van der Waals surface area contributed by atoms with Crippen molar-refractivity contribution in [2.45, 2.75) is 6.92 Å². The molecule has 0 aliphatic rings. The third kappa shape index (κ3) is 1.83. The number of rotatable bonds is 3. The Bertz CT molecular complexity index is 299. The molecular weight excluding hydrogens is 184 g/mol. The van der Waals surface area contributed by atoms with Crippen molar-refractivity contribution in [3.8, 4) is 11.1 Å². The van der Waals surface area contributed by atoms with Gasteiger partial charge in [-0.3, -0.25) is 0 Å². The largest absolute Gasteiger partial charge is 0.548 e. The molecule has 1 heterocycles. The summed E-state index contributed by atoms with van der Waals surface area (Å²) < 4.78 is 15.8. The zero-order valence-electron chi connectivity index (χ0n) is 8.38. The number of methoxy groups -OCH3 is 2. The van der Waals surface area contributed by atoms with Crippen LogP contribution in [0, 0.1) is 6.92 Å². The van der Waals surface area contributed by atoms with Gasteiger partial charge in [0, 0.05) is 0 Å². The van der Waals surface area contributed by atoms with Crippen molar-refractivity contribution in [1.29, 1.82) is 0 Å². The highest BCUT2D eigenvalue weighted by molar-refractivity contribution is 6.50. The van der Waals surface area contributed by atoms with Crippen molar-refractivity contribution in [2.24, 2.45) is 0 Å². The number of aryl methyl sites for hydroxylation is 1. The van der Waals surface area contributed by atoms with Crippen molar-refractivity contribution in [3.63, 3.8) is 0 Å². The Morgan fingerprint density at radius 2 is 1.85 bits per heavy atom. The van der Waals surface area contributed by atoms with Gasteiger partial charge in [-0.1, -0.05) is 6.07 Å². The van der Waals surface area contributed by atoms with Crippen LogP contribution in [0.2, 0.25) is 0 Å². The van der Waals surface area contributed by atoms with Crippen molar-refractivity contribution < 1.29 is 13.9 Å². The third-order valence-corrected chi connectivity index (χ3v) is 3.69. The van der Waals surface area contributed by atoms with Crippen molar-refractivity contribution in [1.82, 2.24) is 0 Å². The lowest BCUT2D eigenvalue weighted by molar-refractivity contribution is 0.353. The van der Waals surface area contributed by atoms with Crippen LogP contribution in [-0.2, 0) is 0 Å². The van der Waals surface area contributed by atoms with Gasteiger partial charge in [-0.25, -0.2) is 0 Å². The van der Waals surface area contributed by atoms with Gasteiger partial charge in [0.05, 0.1) is 21.3 Å². The van der Waals surface area contributed by atoms with Gasteiger partial charge in [0.2, 0.25) is 0 Å². The first-order chi connectivity index (χ1) is 6.24. The third-order valence-electron chi connectivity index (χ3n) is 1.90. The highest BCUT2D eigenvalue weighted by atomic mass is 28.3. The van der Waals surface area contributed by atoms with Crippen LogP contribution in [0.3, 0.4) is 0 Å². The van der Waals surface area contributed by atoms with Crippen LogP contribution in [-0.4, -0.2) is 30.0 Å². The molecule has 0 aliphatic carbocycles. The van der Waals surface area contributed by atoms with E-state index in [9.17, 15) is 0 Å². The second-order valence-corrected chi connectivity index (χ2v) is 4.58. The van der Waals surface area contributed by atoms with Crippen LogP contribution in [0.4, 0.5) is 0 Å². The van der Waals surface area contributed by atoms with Crippen LogP contribution in [0.15, 0.2) is 11.7 Å². The molecule has 0 radical (unpaired) electrons. The molecular formula is C9H14O3Si. The Morgan fingerprint density at radius 1 is 1.15 bits per heavy atom. The zero-order valence-corrected chi connectivity index (χ0v) is 9.38. The minimum atomic E-state index is -1.14. The lowest BCUT2D eigenvalue weighted by atomic mass is 10.3. The summed E-state index contributed by atoms with van der Waals surface area (Å²) in [6.45, 7) is 1.99. The number of ether oxygens (including phenoxy) is 2. The van der Waals surface area contributed by atoms with E-state index in [0.717, 1.165) is 16.7 Å². The lowest BCUT2D eigenvalue weighted by Crippen LogP contribution is -2.12. The number of hydrogen-bond acceptors (Lipinski definition) is 3. The summed E-state index contributed by atoms with van der Waals surface area (Å²) in [7, 11) is 3.84. The van der Waals surface area contributed by atoms with Gasteiger partial charge in [-0.05, 0) is 18.2 Å². The van der Waals surface area contributed by atoms with Gasteiger partial charge in [0.1, 0.15) is 0 Å². The van der Waals surface area contributed by atoms with Crippen LogP contribution in [0.5, 0.6) is 11.1 Å². The van der Waals surface area contributed by atoms with Crippen LogP contribution in [0.1, 0.15) is 5.56 Å². The minimum Gasteiger partial charge on any atom is -0.548 e. The fourth-order valence-electron chi connectivity index (χ4n) is 1.25. The minimum absolute atomic E-state index is 0.806. The Hall–Kier alpha value is -1.03. The molecule has 1 aromatic rings. The summed E-state index contributed by atoms with van der Waals surface area (Å²) in [6, 6.07) is 2.01. The molecule has 72 valence electrons. The molecule has 4 heteroatoms. The summed E-state index contributed by atoms with van der Waals surface area (Å²) in [5.41, 5.74) is 3.12. The molecule has 0 aromatic carbocycles. The molecule has 0 N–H and O–H groups in total. The molecule has 0 saturated carbocycles. The van der Waals surface area contributed by atoms with E-state index in [1.807, 2.05) is 18.7 Å². The quantitative estimate of drug-likeness (QED) is 0.681. The molecule has 1 rings (SSSR count). The van der Waals surface area contributed by atoms with E-state index < -0.39 is 8.64 Å². The predicted octanol–water partition coefficient (Wildman–Crippen LogP) is 1.10. The fourth-order valence-corrected chi connectivity index (χ4v) is 2.85. The Morgan fingerprint density at radius 3 is 2.31 bits per heavy atom. The van der Waals surface area contributed by atoms with E-state index in [1.165, 1.54) is 0 Å². The molecule has 0 unspecified atom stereocenters. The summed E-state index contributed by atoms with van der Waals surface area (Å²) >= 11 is 0. The van der Waals surface area contributed by atoms with Crippen molar-refractivity contribution >= 4 is 8.64 Å². The van der Waals surface area contributed by atoms with E-state index in [4.69, 9.17) is 13.9 Å². The van der Waals surface area contributed by atoms with E-state index in [1.54, 1.807) is 21.3 Å². The maximum absolute atomic E-state index is 5.31. The molecule has 0 amide bonds. The maximum atomic E-state index is 5.31. The molecule has 0 aliphatic heterocycles. The van der Waals surface area contributed by atoms with Crippen molar-refractivity contribution in [2.75, 3.05) is 21.3 Å². The Balaban J connectivity index is 3.27. The van der Waals surface area contributed by atoms with Crippen LogP contribution >= 0.6 is 0 Å². The van der Waals surface area contributed by atoms with Crippen LogP contribution in [0.25, 0.3) is 0 Å². The van der Waals surface area contributed by atoms with E-state index in [2.05, 4.69) is 0 Å². The van der Waals surface area contributed by atoms with E-state index in [-0.39, 0.29) is 0 Å². The summed E-state index contributed by atoms with van der Waals surface area (Å²) in [6.07, 6.45) is 0. The van der Waals surface area contributed by atoms with E-state index in [0.29, 0.717) is 0 Å². The predicted molar refractivity (Wildman–Crippen MR) is 52.7 cm³/mol. The Labute approximate surface area is 79.9 Å². The maximum Gasteiger partial charge on any atom is 0.312 e. The standard InChI is InChI=1S/C9H14O3Si/c1-7-5-6-13(12-4)9(11-3)8(7)10-2/h5-6H,1-4H3. The SMILES string of the molecule is COc1c(C)cc[si](OC)c1OC. The lowest BCUT2D eigenvalue weighted by Gasteiger charge is -2.12. The number of hydrogen-bond donors (Lipinski definition) is 0. The molecule has 0 saturated heterocycles. The van der Waals surface area contributed by atoms with Gasteiger partial charge < -0.3 is 13.9 Å². The first-order valence-corrected chi connectivity index (χ1v) is 5.48. The fraction of sp³-hybridized carbons (Fsp3) is 0.444. The molecule has 0 atom stereocenters. The van der Waals surface area contributed by atoms with Crippen molar-refractivity contribution in [3.05, 3.63) is 17.3 Å². The molecule has 3 nitrogen and oxygen atoms in total. The molecule has 0 fully saturated rings. The molecule has 1 aromatic heterocycles. The molecule has 0 bridgehead atoms. The smallest absolute Gasteiger partial charge is 0.312 e. The average molecular weight is 198 g/mol. The van der Waals surface area contributed by atoms with Crippen LogP contribution < -0.4 is 13.9 Å². The molecule has 0 spiro atoms. The van der Waals surface area contributed by atoms with E-state index >= 15 is 0 Å². The zero-order chi connectivity index (χ0) is 9.84.